The zero-order valence-electron chi connectivity index (χ0n) is 17.4. The summed E-state index contributed by atoms with van der Waals surface area (Å²) in [6.07, 6.45) is 2.55. The average Bonchev–Trinajstić information content (AvgIpc) is 3.39. The number of rotatable bonds is 6. The van der Waals surface area contributed by atoms with Gasteiger partial charge >= 0.3 is 5.76 Å². The van der Waals surface area contributed by atoms with E-state index >= 15 is 0 Å². The Morgan fingerprint density at radius 3 is 2.75 bits per heavy atom. The Balaban J connectivity index is 1.56. The van der Waals surface area contributed by atoms with Gasteiger partial charge in [-0.25, -0.2) is 9.78 Å². The molecule has 7 nitrogen and oxygen atoms in total. The highest BCUT2D eigenvalue weighted by molar-refractivity contribution is 7.22. The Bertz CT molecular complexity index is 1470. The zero-order chi connectivity index (χ0) is 22.1. The van der Waals surface area contributed by atoms with Gasteiger partial charge in [-0.05, 0) is 42.3 Å². The quantitative estimate of drug-likeness (QED) is 0.388. The summed E-state index contributed by atoms with van der Waals surface area (Å²) in [6, 6.07) is 18.7. The molecular weight excluding hydrogens is 424 g/mol. The van der Waals surface area contributed by atoms with Crippen LogP contribution in [-0.4, -0.2) is 20.4 Å². The molecule has 0 fully saturated rings. The maximum absolute atomic E-state index is 13.5. The minimum atomic E-state index is -0.560. The van der Waals surface area contributed by atoms with Gasteiger partial charge in [0, 0.05) is 6.20 Å². The predicted octanol–water partition coefficient (Wildman–Crippen LogP) is 4.40. The van der Waals surface area contributed by atoms with Crippen LogP contribution in [0.2, 0.25) is 0 Å². The van der Waals surface area contributed by atoms with Gasteiger partial charge in [0.05, 0.1) is 28.0 Å². The van der Waals surface area contributed by atoms with Gasteiger partial charge in [0.1, 0.15) is 6.54 Å². The van der Waals surface area contributed by atoms with Crippen LogP contribution in [0.15, 0.2) is 76.1 Å². The van der Waals surface area contributed by atoms with E-state index in [1.807, 2.05) is 42.5 Å². The van der Waals surface area contributed by atoms with E-state index in [-0.39, 0.29) is 19.0 Å². The molecule has 8 heteroatoms. The van der Waals surface area contributed by atoms with Crippen molar-refractivity contribution in [2.24, 2.45) is 0 Å². The first-order chi connectivity index (χ1) is 15.6. The first-order valence-corrected chi connectivity index (χ1v) is 11.1. The lowest BCUT2D eigenvalue weighted by Gasteiger charge is -2.19. The van der Waals surface area contributed by atoms with E-state index in [1.165, 1.54) is 15.9 Å². The normalized spacial score (nSPS) is 11.3. The molecule has 0 N–H and O–H groups in total. The van der Waals surface area contributed by atoms with E-state index in [0.29, 0.717) is 16.2 Å². The van der Waals surface area contributed by atoms with Crippen LogP contribution in [0.1, 0.15) is 18.2 Å². The molecule has 3 aromatic heterocycles. The number of nitrogens with zero attached hydrogens (tertiary/aromatic N) is 4. The third-order valence-electron chi connectivity index (χ3n) is 5.32. The highest BCUT2D eigenvalue weighted by Gasteiger charge is 2.23. The maximum atomic E-state index is 13.5. The second-order valence-corrected chi connectivity index (χ2v) is 8.35. The van der Waals surface area contributed by atoms with E-state index in [9.17, 15) is 9.59 Å². The van der Waals surface area contributed by atoms with Crippen molar-refractivity contribution in [3.63, 3.8) is 0 Å². The Kier molecular flexibility index (Phi) is 5.28. The summed E-state index contributed by atoms with van der Waals surface area (Å²) in [5.74, 6) is -0.823. The van der Waals surface area contributed by atoms with Crippen molar-refractivity contribution in [3.8, 4) is 0 Å². The van der Waals surface area contributed by atoms with Crippen molar-refractivity contribution in [3.05, 3.63) is 88.7 Å². The first kappa shape index (κ1) is 20.1. The maximum Gasteiger partial charge on any atom is 0.420 e. The highest BCUT2D eigenvalue weighted by Crippen LogP contribution is 2.32. The Morgan fingerprint density at radius 2 is 1.94 bits per heavy atom. The van der Waals surface area contributed by atoms with Crippen LogP contribution >= 0.6 is 11.3 Å². The lowest BCUT2D eigenvalue weighted by molar-refractivity contribution is -0.119. The summed E-state index contributed by atoms with van der Waals surface area (Å²) in [7, 11) is 0. The van der Waals surface area contributed by atoms with Crippen LogP contribution in [0.4, 0.5) is 5.13 Å². The number of hydrogen-bond donors (Lipinski definition) is 0. The number of hydrogen-bond acceptors (Lipinski definition) is 6. The number of benzene rings is 2. The van der Waals surface area contributed by atoms with Gasteiger partial charge < -0.3 is 4.42 Å². The molecule has 32 heavy (non-hydrogen) atoms. The fraction of sp³-hybridized carbons (Fsp3) is 0.167. The molecule has 2 aromatic carbocycles. The van der Waals surface area contributed by atoms with Crippen LogP contribution < -0.4 is 10.7 Å². The van der Waals surface area contributed by atoms with Crippen LogP contribution in [0.25, 0.3) is 21.3 Å². The van der Waals surface area contributed by atoms with Crippen molar-refractivity contribution >= 4 is 43.7 Å². The van der Waals surface area contributed by atoms with Crippen molar-refractivity contribution in [2.45, 2.75) is 26.4 Å². The van der Waals surface area contributed by atoms with E-state index in [1.54, 1.807) is 29.3 Å². The molecule has 0 saturated heterocycles. The number of pyridine rings is 1. The smallest absolute Gasteiger partial charge is 0.408 e. The van der Waals surface area contributed by atoms with Crippen LogP contribution in [0.5, 0.6) is 0 Å². The molecule has 5 aromatic rings. The molecule has 0 unspecified atom stereocenters. The largest absolute Gasteiger partial charge is 0.420 e. The fourth-order valence-electron chi connectivity index (χ4n) is 3.70. The molecule has 160 valence electrons. The van der Waals surface area contributed by atoms with E-state index in [2.05, 4.69) is 11.9 Å². The Morgan fingerprint density at radius 1 is 1.09 bits per heavy atom. The van der Waals surface area contributed by atoms with Gasteiger partial charge in [-0.2, -0.15) is 0 Å². The number of carbonyl (C=O) groups excluding carboxylic acids is 1. The lowest BCUT2D eigenvalue weighted by Crippen LogP contribution is -2.35. The van der Waals surface area contributed by atoms with Crippen molar-refractivity contribution in [1.29, 1.82) is 0 Å². The minimum absolute atomic E-state index is 0.154. The van der Waals surface area contributed by atoms with Gasteiger partial charge in [0.15, 0.2) is 10.7 Å². The summed E-state index contributed by atoms with van der Waals surface area (Å²) in [5.41, 5.74) is 3.81. The minimum Gasteiger partial charge on any atom is -0.408 e. The molecule has 0 spiro atoms. The van der Waals surface area contributed by atoms with Gasteiger partial charge in [0.2, 0.25) is 5.91 Å². The van der Waals surface area contributed by atoms with Crippen LogP contribution in [-0.2, 0) is 24.3 Å². The molecular formula is C24H20N4O3S. The average molecular weight is 445 g/mol. The zero-order valence-corrected chi connectivity index (χ0v) is 18.2. The third kappa shape index (κ3) is 3.69. The SMILES string of the molecule is CCc1cccc2sc(N(Cc3ccccn3)C(=O)Cn3c(=O)oc4ccccc43)nc12. The predicted molar refractivity (Wildman–Crippen MR) is 125 cm³/mol. The van der Waals surface area contributed by atoms with Gasteiger partial charge in [-0.1, -0.05) is 48.6 Å². The Labute approximate surface area is 187 Å². The summed E-state index contributed by atoms with van der Waals surface area (Å²) >= 11 is 1.46. The summed E-state index contributed by atoms with van der Waals surface area (Å²) in [6.45, 7) is 2.19. The van der Waals surface area contributed by atoms with E-state index < -0.39 is 5.76 Å². The van der Waals surface area contributed by atoms with Crippen molar-refractivity contribution in [2.75, 3.05) is 4.90 Å². The molecule has 5 rings (SSSR count). The molecule has 0 radical (unpaired) electrons. The van der Waals surface area contributed by atoms with E-state index in [4.69, 9.17) is 9.40 Å². The lowest BCUT2D eigenvalue weighted by atomic mass is 10.1. The second kappa shape index (κ2) is 8.39. The summed E-state index contributed by atoms with van der Waals surface area (Å²) in [4.78, 5) is 36.7. The number of thiazole rings is 1. The number of para-hydroxylation sites is 3. The Hall–Kier alpha value is -3.78. The molecule has 0 atom stereocenters. The van der Waals surface area contributed by atoms with Gasteiger partial charge in [-0.15, -0.1) is 0 Å². The summed E-state index contributed by atoms with van der Waals surface area (Å²) in [5, 5.41) is 0.581. The molecule has 0 saturated carbocycles. The third-order valence-corrected chi connectivity index (χ3v) is 6.36. The number of aryl methyl sites for hydroxylation is 1. The first-order valence-electron chi connectivity index (χ1n) is 10.3. The van der Waals surface area contributed by atoms with Crippen LogP contribution in [0, 0.1) is 0 Å². The number of fused-ring (bicyclic) bond motifs is 2. The molecule has 0 bridgehead atoms. The van der Waals surface area contributed by atoms with Crippen molar-refractivity contribution < 1.29 is 9.21 Å². The number of oxazole rings is 1. The molecule has 3 heterocycles. The number of anilines is 1. The summed E-state index contributed by atoms with van der Waals surface area (Å²) < 4.78 is 7.67. The molecule has 0 aliphatic heterocycles. The number of carbonyl (C=O) groups is 1. The topological polar surface area (TPSA) is 81.2 Å². The number of aromatic nitrogens is 3. The molecule has 1 amide bonds. The van der Waals surface area contributed by atoms with Crippen LogP contribution in [0.3, 0.4) is 0 Å². The van der Waals surface area contributed by atoms with E-state index in [0.717, 1.165) is 27.9 Å². The van der Waals surface area contributed by atoms with Crippen molar-refractivity contribution in [1.82, 2.24) is 14.5 Å². The second-order valence-electron chi connectivity index (χ2n) is 7.34. The molecule has 0 aliphatic carbocycles. The monoisotopic (exact) mass is 444 g/mol. The van der Waals surface area contributed by atoms with Gasteiger partial charge in [0.25, 0.3) is 0 Å². The van der Waals surface area contributed by atoms with Gasteiger partial charge in [-0.3, -0.25) is 19.2 Å². The fourth-order valence-corrected chi connectivity index (χ4v) is 4.73. The standard InChI is InChI=1S/C24H20N4O3S/c1-2-16-8-7-12-20-22(16)26-23(32-20)28(14-17-9-5-6-13-25-17)21(29)15-27-18-10-3-4-11-19(18)31-24(27)30/h3-13H,2,14-15H2,1H3. The highest BCUT2D eigenvalue weighted by atomic mass is 32.1. The number of amides is 1. The molecule has 0 aliphatic rings.